The van der Waals surface area contributed by atoms with Gasteiger partial charge in [-0.05, 0) is 64.7 Å². The van der Waals surface area contributed by atoms with Crippen LogP contribution in [-0.2, 0) is 6.42 Å². The van der Waals surface area contributed by atoms with E-state index in [2.05, 4.69) is 17.5 Å². The predicted octanol–water partition coefficient (Wildman–Crippen LogP) is 6.75. The van der Waals surface area contributed by atoms with Crippen molar-refractivity contribution in [3.8, 4) is 23.0 Å². The first-order valence-corrected chi connectivity index (χ1v) is 14.9. The van der Waals surface area contributed by atoms with Gasteiger partial charge >= 0.3 is 0 Å². The molecular weight excluding hydrogens is 544 g/mol. The second kappa shape index (κ2) is 9.21. The molecular formula is C32H28O6S2. The van der Waals surface area contributed by atoms with Gasteiger partial charge in [0.1, 0.15) is 0 Å². The fourth-order valence-corrected chi connectivity index (χ4v) is 9.68. The third kappa shape index (κ3) is 3.20. The van der Waals surface area contributed by atoms with Crippen molar-refractivity contribution in [3.05, 3.63) is 91.3 Å². The molecule has 0 N–H and O–H groups in total. The lowest BCUT2D eigenvalue weighted by atomic mass is 9.65. The van der Waals surface area contributed by atoms with Gasteiger partial charge in [0.05, 0.1) is 33.9 Å². The molecule has 0 saturated heterocycles. The molecule has 8 heteroatoms. The van der Waals surface area contributed by atoms with Crippen molar-refractivity contribution in [1.29, 1.82) is 0 Å². The monoisotopic (exact) mass is 572 g/mol. The lowest BCUT2D eigenvalue weighted by Crippen LogP contribution is -2.38. The number of rotatable bonds is 6. The molecule has 2 heterocycles. The molecule has 1 fully saturated rings. The number of hydrogen-bond donors (Lipinski definition) is 0. The Hall–Kier alpha value is -3.62. The van der Waals surface area contributed by atoms with Crippen molar-refractivity contribution >= 4 is 34.2 Å². The zero-order chi connectivity index (χ0) is 27.8. The number of fused-ring (bicyclic) bond motifs is 4. The molecule has 0 unspecified atom stereocenters. The van der Waals surface area contributed by atoms with Crippen LogP contribution in [0.4, 0.5) is 0 Å². The highest BCUT2D eigenvalue weighted by atomic mass is 32.1. The van der Waals surface area contributed by atoms with Crippen molar-refractivity contribution in [3.63, 3.8) is 0 Å². The molecule has 3 aliphatic rings. The fourth-order valence-electron chi connectivity index (χ4n) is 7.73. The number of thiophene rings is 2. The highest BCUT2D eigenvalue weighted by molar-refractivity contribution is 7.10. The summed E-state index contributed by atoms with van der Waals surface area (Å²) in [6.45, 7) is 0. The maximum absolute atomic E-state index is 14.9. The molecule has 2 aromatic heterocycles. The van der Waals surface area contributed by atoms with Gasteiger partial charge in [-0.25, -0.2) is 0 Å². The van der Waals surface area contributed by atoms with Crippen LogP contribution in [-0.4, -0.2) is 40.0 Å². The second-order valence-electron chi connectivity index (χ2n) is 10.6. The summed E-state index contributed by atoms with van der Waals surface area (Å²) in [5.74, 6) is 1.32. The van der Waals surface area contributed by atoms with Crippen LogP contribution >= 0.6 is 22.7 Å². The predicted molar refractivity (Wildman–Crippen MR) is 154 cm³/mol. The first-order chi connectivity index (χ1) is 19.5. The lowest BCUT2D eigenvalue weighted by Gasteiger charge is -2.36. The molecule has 0 radical (unpaired) electrons. The van der Waals surface area contributed by atoms with E-state index >= 15 is 0 Å². The standard InChI is InChI=1S/C32H28O6S2/c1-35-20-11-16-15-32(31(34)17(16)12-21(20)36-2)28(24-7-5-9-39-24)26-18-13-22(37-3)23(38-4)14-19(18)30(33)27(26)29(32)25-8-6-10-40-25/h5-14,26-29H,15H2,1-4H3/t26-,27+,28+,29-,32-/m1/s1. The minimum atomic E-state index is -0.842. The number of hydrogen-bond acceptors (Lipinski definition) is 8. The molecule has 2 aromatic carbocycles. The van der Waals surface area contributed by atoms with Gasteiger partial charge in [0.25, 0.3) is 0 Å². The van der Waals surface area contributed by atoms with Crippen molar-refractivity contribution in [2.24, 2.45) is 11.3 Å². The van der Waals surface area contributed by atoms with Gasteiger partial charge in [0, 0.05) is 44.6 Å². The molecule has 1 spiro atoms. The molecule has 0 amide bonds. The van der Waals surface area contributed by atoms with E-state index in [0.717, 1.165) is 20.9 Å². The lowest BCUT2D eigenvalue weighted by molar-refractivity contribution is 0.0749. The Morgan fingerprint density at radius 2 is 1.23 bits per heavy atom. The average molecular weight is 573 g/mol. The number of Topliss-reactive ketones (excluding diaryl/α,β-unsaturated/α-hetero) is 2. The molecule has 5 atom stereocenters. The SMILES string of the molecule is COc1cc2c(cc1OC)C(=O)[C@@]1(C2)[C@H](c2cccs2)[C@H]2C(=O)c3cc(OC)c(OC)cc3[C@H]2[C@@H]1c1cccs1. The fraction of sp³-hybridized carbons (Fsp3) is 0.312. The first kappa shape index (κ1) is 25.4. The Morgan fingerprint density at radius 1 is 0.700 bits per heavy atom. The van der Waals surface area contributed by atoms with E-state index < -0.39 is 5.41 Å². The van der Waals surface area contributed by atoms with Gasteiger partial charge in [-0.1, -0.05) is 12.1 Å². The smallest absolute Gasteiger partial charge is 0.171 e. The Labute approximate surface area is 240 Å². The molecule has 40 heavy (non-hydrogen) atoms. The van der Waals surface area contributed by atoms with Crippen molar-refractivity contribution in [1.82, 2.24) is 0 Å². The topological polar surface area (TPSA) is 71.1 Å². The second-order valence-corrected chi connectivity index (χ2v) is 12.6. The van der Waals surface area contributed by atoms with Gasteiger partial charge in [-0.15, -0.1) is 22.7 Å². The third-order valence-electron chi connectivity index (χ3n) is 9.16. The summed E-state index contributed by atoms with van der Waals surface area (Å²) in [7, 11) is 6.38. The number of ether oxygens (including phenoxy) is 4. The molecule has 6 nitrogen and oxygen atoms in total. The van der Waals surface area contributed by atoms with E-state index in [-0.39, 0.29) is 35.2 Å². The summed E-state index contributed by atoms with van der Waals surface area (Å²) < 4.78 is 22.5. The Morgan fingerprint density at radius 3 is 1.77 bits per heavy atom. The van der Waals surface area contributed by atoms with Crippen molar-refractivity contribution in [2.75, 3.05) is 28.4 Å². The third-order valence-corrected chi connectivity index (χ3v) is 11.1. The molecule has 7 rings (SSSR count). The van der Waals surface area contributed by atoms with Crippen LogP contribution in [0.25, 0.3) is 0 Å². The largest absolute Gasteiger partial charge is 0.493 e. The van der Waals surface area contributed by atoms with Crippen LogP contribution < -0.4 is 18.9 Å². The summed E-state index contributed by atoms with van der Waals surface area (Å²) in [6, 6.07) is 15.8. The molecule has 0 bridgehead atoms. The van der Waals surface area contributed by atoms with Crippen molar-refractivity contribution in [2.45, 2.75) is 24.2 Å². The normalized spacial score (nSPS) is 26.1. The van der Waals surface area contributed by atoms with E-state index in [4.69, 9.17) is 18.9 Å². The molecule has 0 aliphatic heterocycles. The summed E-state index contributed by atoms with van der Waals surface area (Å²) in [4.78, 5) is 31.6. The van der Waals surface area contributed by atoms with Gasteiger partial charge in [0.15, 0.2) is 34.6 Å². The highest BCUT2D eigenvalue weighted by Gasteiger charge is 2.71. The minimum absolute atomic E-state index is 0.0664. The summed E-state index contributed by atoms with van der Waals surface area (Å²) in [6.07, 6.45) is 0.523. The molecule has 4 aromatic rings. The van der Waals surface area contributed by atoms with E-state index in [0.29, 0.717) is 40.5 Å². The highest BCUT2D eigenvalue weighted by Crippen LogP contribution is 2.73. The number of carbonyl (C=O) groups is 2. The van der Waals surface area contributed by atoms with E-state index in [1.807, 2.05) is 41.8 Å². The Bertz CT molecular complexity index is 1640. The van der Waals surface area contributed by atoms with E-state index in [1.165, 1.54) is 0 Å². The van der Waals surface area contributed by atoms with E-state index in [9.17, 15) is 9.59 Å². The van der Waals surface area contributed by atoms with Gasteiger partial charge in [-0.3, -0.25) is 9.59 Å². The number of benzene rings is 2. The van der Waals surface area contributed by atoms with Crippen LogP contribution in [0.3, 0.4) is 0 Å². The van der Waals surface area contributed by atoms with Crippen LogP contribution in [0.2, 0.25) is 0 Å². The quantitative estimate of drug-likeness (QED) is 0.255. The number of carbonyl (C=O) groups excluding carboxylic acids is 2. The van der Waals surface area contributed by atoms with Gasteiger partial charge in [0.2, 0.25) is 0 Å². The zero-order valence-corrected chi connectivity index (χ0v) is 24.2. The molecule has 204 valence electrons. The van der Waals surface area contributed by atoms with Crippen LogP contribution in [0, 0.1) is 11.3 Å². The van der Waals surface area contributed by atoms with E-state index in [1.54, 1.807) is 51.1 Å². The first-order valence-electron chi connectivity index (χ1n) is 13.1. The summed E-state index contributed by atoms with van der Waals surface area (Å²) in [5.41, 5.74) is 2.34. The maximum atomic E-state index is 14.9. The average Bonchev–Trinajstić information content (AvgIpc) is 3.80. The van der Waals surface area contributed by atoms with Crippen molar-refractivity contribution < 1.29 is 28.5 Å². The Balaban J connectivity index is 1.52. The number of methoxy groups -OCH3 is 4. The van der Waals surface area contributed by atoms with Crippen LogP contribution in [0.5, 0.6) is 23.0 Å². The Kier molecular flexibility index (Phi) is 5.84. The molecule has 1 saturated carbocycles. The molecule has 3 aliphatic carbocycles. The van der Waals surface area contributed by atoms with Crippen LogP contribution in [0.15, 0.2) is 59.3 Å². The zero-order valence-electron chi connectivity index (χ0n) is 22.6. The summed E-state index contributed by atoms with van der Waals surface area (Å²) >= 11 is 3.27. The van der Waals surface area contributed by atoms with Gasteiger partial charge < -0.3 is 18.9 Å². The van der Waals surface area contributed by atoms with Crippen LogP contribution in [0.1, 0.15) is 59.4 Å². The maximum Gasteiger partial charge on any atom is 0.171 e. The van der Waals surface area contributed by atoms with Gasteiger partial charge in [-0.2, -0.15) is 0 Å². The number of ketones is 2. The minimum Gasteiger partial charge on any atom is -0.493 e. The summed E-state index contributed by atoms with van der Waals surface area (Å²) in [5, 5.41) is 4.09.